The van der Waals surface area contributed by atoms with E-state index in [9.17, 15) is 18.0 Å². The number of amides is 2. The third kappa shape index (κ3) is 5.71. The number of hydrogen-bond donors (Lipinski definition) is 1. The van der Waals surface area contributed by atoms with Gasteiger partial charge in [0, 0.05) is 56.6 Å². The van der Waals surface area contributed by atoms with Crippen LogP contribution < -0.4 is 15.0 Å². The van der Waals surface area contributed by atoms with Gasteiger partial charge in [0.1, 0.15) is 0 Å². The topological polar surface area (TPSA) is 70.6 Å². The molecule has 0 atom stereocenters. The number of pyridine rings is 1. The number of carbonyl (C=O) groups is 1. The van der Waals surface area contributed by atoms with Gasteiger partial charge in [-0.05, 0) is 11.6 Å². The molecule has 0 spiro atoms. The first-order valence-electron chi connectivity index (χ1n) is 8.22. The average molecular weight is 401 g/mol. The first-order valence-corrected chi connectivity index (χ1v) is 9.10. The van der Waals surface area contributed by atoms with Gasteiger partial charge in [-0.3, -0.25) is 0 Å². The summed E-state index contributed by atoms with van der Waals surface area (Å²) in [6.45, 7) is 1.32. The molecule has 1 aliphatic rings. The third-order valence-corrected chi connectivity index (χ3v) is 4.72. The zero-order valence-corrected chi connectivity index (χ0v) is 15.1. The van der Waals surface area contributed by atoms with Crippen molar-refractivity contribution in [3.8, 4) is 5.88 Å². The molecule has 2 aromatic heterocycles. The van der Waals surface area contributed by atoms with E-state index in [2.05, 4.69) is 24.9 Å². The molecule has 1 saturated heterocycles. The fourth-order valence-corrected chi connectivity index (χ4v) is 3.25. The molecule has 11 heteroatoms. The minimum Gasteiger partial charge on any atom is -0.468 e. The van der Waals surface area contributed by atoms with E-state index in [1.807, 2.05) is 5.38 Å². The number of piperazine rings is 1. The summed E-state index contributed by atoms with van der Waals surface area (Å²) in [7, 11) is 0. The first-order chi connectivity index (χ1) is 12.9. The maximum absolute atomic E-state index is 12.3. The van der Waals surface area contributed by atoms with Crippen LogP contribution in [0.4, 0.5) is 23.1 Å². The van der Waals surface area contributed by atoms with Gasteiger partial charge in [-0.15, -0.1) is 11.3 Å². The maximum atomic E-state index is 12.3. The summed E-state index contributed by atoms with van der Waals surface area (Å²) >= 11 is 1.56. The van der Waals surface area contributed by atoms with Gasteiger partial charge in [-0.1, -0.05) is 0 Å². The summed E-state index contributed by atoms with van der Waals surface area (Å²) in [6, 6.07) is 2.77. The number of nitrogens with zero attached hydrogens (tertiary/aromatic N) is 4. The number of aromatic nitrogens is 2. The molecular weight excluding hydrogens is 383 g/mol. The molecule has 1 N–H and O–H groups in total. The Labute approximate surface area is 157 Å². The van der Waals surface area contributed by atoms with E-state index in [4.69, 9.17) is 0 Å². The molecular formula is C16H18F3N5O2S. The number of thiazole rings is 1. The number of nitrogens with one attached hydrogen (secondary N) is 1. The third-order valence-electron chi connectivity index (χ3n) is 3.88. The lowest BCUT2D eigenvalue weighted by atomic mass is 10.2. The second-order valence-electron chi connectivity index (χ2n) is 5.85. The number of anilines is 1. The molecule has 3 rings (SSSR count). The van der Waals surface area contributed by atoms with Crippen LogP contribution in [0, 0.1) is 0 Å². The van der Waals surface area contributed by atoms with E-state index < -0.39 is 12.8 Å². The highest BCUT2D eigenvalue weighted by atomic mass is 32.1. The van der Waals surface area contributed by atoms with Gasteiger partial charge in [-0.25, -0.2) is 14.8 Å². The summed E-state index contributed by atoms with van der Waals surface area (Å²) in [5.41, 5.74) is 0.608. The average Bonchev–Trinajstić information content (AvgIpc) is 3.19. The molecule has 1 aliphatic heterocycles. The minimum atomic E-state index is -4.42. The van der Waals surface area contributed by atoms with Gasteiger partial charge >= 0.3 is 12.2 Å². The van der Waals surface area contributed by atoms with Gasteiger partial charge in [0.05, 0.1) is 0 Å². The Morgan fingerprint density at radius 3 is 2.67 bits per heavy atom. The van der Waals surface area contributed by atoms with Gasteiger partial charge in [-0.2, -0.15) is 13.2 Å². The second kappa shape index (κ2) is 8.42. The van der Waals surface area contributed by atoms with Crippen LogP contribution in [-0.4, -0.2) is 59.9 Å². The molecule has 0 saturated carbocycles. The Morgan fingerprint density at radius 2 is 2.00 bits per heavy atom. The van der Waals surface area contributed by atoms with Crippen LogP contribution in [0.15, 0.2) is 29.9 Å². The van der Waals surface area contributed by atoms with Crippen molar-refractivity contribution in [2.45, 2.75) is 12.7 Å². The van der Waals surface area contributed by atoms with Crippen molar-refractivity contribution in [2.75, 3.05) is 37.7 Å². The molecule has 0 bridgehead atoms. The van der Waals surface area contributed by atoms with Crippen LogP contribution in [0.25, 0.3) is 0 Å². The Hall–Kier alpha value is -2.56. The van der Waals surface area contributed by atoms with Crippen molar-refractivity contribution < 1.29 is 22.7 Å². The highest BCUT2D eigenvalue weighted by Gasteiger charge is 2.28. The maximum Gasteiger partial charge on any atom is 0.422 e. The number of carbonyl (C=O) groups excluding carboxylic acids is 1. The molecule has 0 radical (unpaired) electrons. The minimum absolute atomic E-state index is 0.129. The van der Waals surface area contributed by atoms with Crippen LogP contribution in [0.3, 0.4) is 0 Å². The molecule has 2 amide bonds. The Balaban J connectivity index is 1.45. The van der Waals surface area contributed by atoms with E-state index >= 15 is 0 Å². The van der Waals surface area contributed by atoms with Crippen LogP contribution in [0.2, 0.25) is 0 Å². The Kier molecular flexibility index (Phi) is 5.99. The van der Waals surface area contributed by atoms with Crippen LogP contribution >= 0.6 is 11.3 Å². The second-order valence-corrected chi connectivity index (χ2v) is 6.73. The Bertz CT molecular complexity index is 749. The quantitative estimate of drug-likeness (QED) is 0.834. The zero-order valence-electron chi connectivity index (χ0n) is 14.3. The van der Waals surface area contributed by atoms with Gasteiger partial charge in [0.15, 0.2) is 11.7 Å². The molecule has 146 valence electrons. The predicted octanol–water partition coefficient (Wildman–Crippen LogP) is 2.51. The SMILES string of the molecule is O=C(NCc1ccnc(OCC(F)(F)F)c1)N1CCN(c2nccs2)CC1. The van der Waals surface area contributed by atoms with Crippen molar-refractivity contribution in [3.05, 3.63) is 35.5 Å². The number of urea groups is 1. The number of halogens is 3. The van der Waals surface area contributed by atoms with E-state index in [0.29, 0.717) is 31.7 Å². The fourth-order valence-electron chi connectivity index (χ4n) is 2.56. The number of alkyl halides is 3. The smallest absolute Gasteiger partial charge is 0.422 e. The van der Waals surface area contributed by atoms with Crippen LogP contribution in [-0.2, 0) is 6.54 Å². The van der Waals surface area contributed by atoms with Crippen molar-refractivity contribution in [3.63, 3.8) is 0 Å². The van der Waals surface area contributed by atoms with Crippen molar-refractivity contribution >= 4 is 22.5 Å². The lowest BCUT2D eigenvalue weighted by Crippen LogP contribution is -2.51. The van der Waals surface area contributed by atoms with Gasteiger partial charge < -0.3 is 19.9 Å². The lowest BCUT2D eigenvalue weighted by Gasteiger charge is -2.34. The molecule has 0 aliphatic carbocycles. The molecule has 2 aromatic rings. The summed E-state index contributed by atoms with van der Waals surface area (Å²) < 4.78 is 41.2. The lowest BCUT2D eigenvalue weighted by molar-refractivity contribution is -0.154. The zero-order chi connectivity index (χ0) is 19.3. The summed E-state index contributed by atoms with van der Waals surface area (Å²) in [5, 5.41) is 5.62. The number of rotatable bonds is 5. The standard InChI is InChI=1S/C16H18F3N5O2S/c17-16(18,19)11-26-13-9-12(1-2-20-13)10-22-14(25)23-4-6-24(7-5-23)15-21-3-8-27-15/h1-3,8-9H,4-7,10-11H2,(H,22,25). The van der Waals surface area contributed by atoms with E-state index in [1.54, 1.807) is 28.5 Å². The normalized spacial score (nSPS) is 14.9. The van der Waals surface area contributed by atoms with Gasteiger partial charge in [0.25, 0.3) is 0 Å². The molecule has 1 fully saturated rings. The largest absolute Gasteiger partial charge is 0.468 e. The molecule has 27 heavy (non-hydrogen) atoms. The summed E-state index contributed by atoms with van der Waals surface area (Å²) in [4.78, 5) is 24.1. The number of ether oxygens (including phenoxy) is 1. The highest BCUT2D eigenvalue weighted by molar-refractivity contribution is 7.13. The van der Waals surface area contributed by atoms with E-state index in [1.165, 1.54) is 12.3 Å². The Morgan fingerprint density at radius 1 is 1.22 bits per heavy atom. The molecule has 0 aromatic carbocycles. The monoisotopic (exact) mass is 401 g/mol. The van der Waals surface area contributed by atoms with E-state index in [-0.39, 0.29) is 18.5 Å². The van der Waals surface area contributed by atoms with Crippen LogP contribution in [0.1, 0.15) is 5.56 Å². The number of hydrogen-bond acceptors (Lipinski definition) is 6. The molecule has 7 nitrogen and oxygen atoms in total. The summed E-state index contributed by atoms with van der Waals surface area (Å²) in [5.74, 6) is -0.129. The van der Waals surface area contributed by atoms with Crippen molar-refractivity contribution in [2.24, 2.45) is 0 Å². The van der Waals surface area contributed by atoms with E-state index in [0.717, 1.165) is 5.13 Å². The molecule has 0 unspecified atom stereocenters. The first kappa shape index (κ1) is 19.2. The van der Waals surface area contributed by atoms with Gasteiger partial charge in [0.2, 0.25) is 5.88 Å². The van der Waals surface area contributed by atoms with Crippen molar-refractivity contribution in [1.29, 1.82) is 0 Å². The highest BCUT2D eigenvalue weighted by Crippen LogP contribution is 2.19. The fraction of sp³-hybridized carbons (Fsp3) is 0.438. The van der Waals surface area contributed by atoms with Crippen LogP contribution in [0.5, 0.6) is 5.88 Å². The molecule has 3 heterocycles. The predicted molar refractivity (Wildman–Crippen MR) is 93.9 cm³/mol. The summed E-state index contributed by atoms with van der Waals surface area (Å²) in [6.07, 6.45) is -1.33. The van der Waals surface area contributed by atoms with Crippen molar-refractivity contribution in [1.82, 2.24) is 20.2 Å².